The Morgan fingerprint density at radius 2 is 1.91 bits per heavy atom. The Morgan fingerprint density at radius 1 is 1.09 bits per heavy atom. The zero-order chi connectivity index (χ0) is 15.2. The van der Waals surface area contributed by atoms with Gasteiger partial charge in [-0.05, 0) is 35.8 Å². The fourth-order valence-corrected chi connectivity index (χ4v) is 2.22. The van der Waals surface area contributed by atoms with Gasteiger partial charge in [-0.3, -0.25) is 4.79 Å². The molecule has 2 aromatic carbocycles. The molecule has 0 saturated heterocycles. The number of carbonyl (C=O) groups is 1. The second-order valence-electron chi connectivity index (χ2n) is 4.97. The summed E-state index contributed by atoms with van der Waals surface area (Å²) in [6, 6.07) is 15.7. The van der Waals surface area contributed by atoms with Crippen LogP contribution in [-0.2, 0) is 11.2 Å². The minimum atomic E-state index is -0.103. The molecule has 0 radical (unpaired) electrons. The van der Waals surface area contributed by atoms with Crippen molar-refractivity contribution in [1.29, 1.82) is 0 Å². The van der Waals surface area contributed by atoms with Gasteiger partial charge in [0.2, 0.25) is 12.7 Å². The van der Waals surface area contributed by atoms with E-state index >= 15 is 0 Å². The Kier molecular flexibility index (Phi) is 4.39. The largest absolute Gasteiger partial charge is 0.454 e. The highest BCUT2D eigenvalue weighted by Gasteiger charge is 2.12. The molecule has 1 aliphatic heterocycles. The quantitative estimate of drug-likeness (QED) is 0.863. The Balaban J connectivity index is 1.49. The van der Waals surface area contributed by atoms with E-state index in [0.29, 0.717) is 12.3 Å². The highest BCUT2D eigenvalue weighted by atomic mass is 16.7. The number of nitrogens with one attached hydrogen (secondary N) is 1. The smallest absolute Gasteiger partial charge is 0.244 e. The first kappa shape index (κ1) is 14.2. The van der Waals surface area contributed by atoms with Gasteiger partial charge in [-0.25, -0.2) is 0 Å². The highest BCUT2D eigenvalue weighted by Crippen LogP contribution is 2.32. The third kappa shape index (κ3) is 3.67. The molecule has 1 amide bonds. The molecule has 112 valence electrons. The van der Waals surface area contributed by atoms with Crippen LogP contribution in [0.4, 0.5) is 0 Å². The Hall–Kier alpha value is -2.75. The topological polar surface area (TPSA) is 47.6 Å². The van der Waals surface area contributed by atoms with Gasteiger partial charge < -0.3 is 14.8 Å². The van der Waals surface area contributed by atoms with Gasteiger partial charge in [0.1, 0.15) is 0 Å². The molecule has 0 atom stereocenters. The summed E-state index contributed by atoms with van der Waals surface area (Å²) in [6.07, 6.45) is 4.12. The molecule has 0 fully saturated rings. The Morgan fingerprint density at radius 3 is 2.77 bits per heavy atom. The third-order valence-electron chi connectivity index (χ3n) is 3.38. The lowest BCUT2D eigenvalue weighted by Crippen LogP contribution is -2.23. The monoisotopic (exact) mass is 295 g/mol. The first-order chi connectivity index (χ1) is 10.8. The lowest BCUT2D eigenvalue weighted by atomic mass is 10.1. The van der Waals surface area contributed by atoms with Crippen molar-refractivity contribution in [3.05, 3.63) is 65.7 Å². The minimum absolute atomic E-state index is 0.103. The van der Waals surface area contributed by atoms with Crippen LogP contribution in [0.2, 0.25) is 0 Å². The predicted octanol–water partition coefficient (Wildman–Crippen LogP) is 2.79. The van der Waals surface area contributed by atoms with Gasteiger partial charge >= 0.3 is 0 Å². The van der Waals surface area contributed by atoms with Gasteiger partial charge in [0.15, 0.2) is 11.5 Å². The summed E-state index contributed by atoms with van der Waals surface area (Å²) in [7, 11) is 0. The third-order valence-corrected chi connectivity index (χ3v) is 3.38. The molecular weight excluding hydrogens is 278 g/mol. The van der Waals surface area contributed by atoms with E-state index in [-0.39, 0.29) is 12.7 Å². The summed E-state index contributed by atoms with van der Waals surface area (Å²) in [4.78, 5) is 11.8. The van der Waals surface area contributed by atoms with E-state index in [9.17, 15) is 4.79 Å². The standard InChI is InChI=1S/C18H17NO3/c20-18(19-11-10-14-4-2-1-3-5-14)9-7-15-6-8-16-17(12-15)22-13-21-16/h1-9,12H,10-11,13H2,(H,19,20)/b9-7+. The molecule has 0 aromatic heterocycles. The van der Waals surface area contributed by atoms with Crippen LogP contribution in [0.3, 0.4) is 0 Å². The van der Waals surface area contributed by atoms with Gasteiger partial charge in [0, 0.05) is 12.6 Å². The van der Waals surface area contributed by atoms with Gasteiger partial charge in [-0.2, -0.15) is 0 Å². The van der Waals surface area contributed by atoms with E-state index < -0.39 is 0 Å². The number of amides is 1. The van der Waals surface area contributed by atoms with Crippen molar-refractivity contribution in [2.24, 2.45) is 0 Å². The number of fused-ring (bicyclic) bond motifs is 1. The van der Waals surface area contributed by atoms with Crippen LogP contribution in [0, 0.1) is 0 Å². The molecule has 3 rings (SSSR count). The normalized spacial score (nSPS) is 12.5. The second kappa shape index (κ2) is 6.80. The maximum Gasteiger partial charge on any atom is 0.244 e. The molecule has 0 bridgehead atoms. The lowest BCUT2D eigenvalue weighted by Gasteiger charge is -2.02. The van der Waals surface area contributed by atoms with E-state index in [0.717, 1.165) is 17.7 Å². The van der Waals surface area contributed by atoms with E-state index in [1.807, 2.05) is 36.4 Å². The maximum atomic E-state index is 11.8. The van der Waals surface area contributed by atoms with Crippen LogP contribution in [0.5, 0.6) is 11.5 Å². The number of rotatable bonds is 5. The molecule has 0 saturated carbocycles. The average molecular weight is 295 g/mol. The number of hydrogen-bond acceptors (Lipinski definition) is 3. The van der Waals surface area contributed by atoms with Gasteiger partial charge in [0.05, 0.1) is 0 Å². The fourth-order valence-electron chi connectivity index (χ4n) is 2.22. The Bertz CT molecular complexity index is 680. The van der Waals surface area contributed by atoms with Crippen LogP contribution < -0.4 is 14.8 Å². The van der Waals surface area contributed by atoms with Crippen molar-refractivity contribution in [3.63, 3.8) is 0 Å². The zero-order valence-electron chi connectivity index (χ0n) is 12.1. The Labute approximate surface area is 129 Å². The van der Waals surface area contributed by atoms with Crippen LogP contribution in [0.25, 0.3) is 6.08 Å². The highest BCUT2D eigenvalue weighted by molar-refractivity contribution is 5.91. The molecule has 1 heterocycles. The fraction of sp³-hybridized carbons (Fsp3) is 0.167. The van der Waals surface area contributed by atoms with Crippen LogP contribution in [-0.4, -0.2) is 19.2 Å². The van der Waals surface area contributed by atoms with Crippen molar-refractivity contribution in [2.75, 3.05) is 13.3 Å². The summed E-state index contributed by atoms with van der Waals surface area (Å²) < 4.78 is 10.6. The molecule has 1 aliphatic rings. The van der Waals surface area contributed by atoms with Crippen molar-refractivity contribution in [3.8, 4) is 11.5 Å². The average Bonchev–Trinajstić information content (AvgIpc) is 3.01. The van der Waals surface area contributed by atoms with Gasteiger partial charge in [-0.15, -0.1) is 0 Å². The van der Waals surface area contributed by atoms with Crippen LogP contribution >= 0.6 is 0 Å². The SMILES string of the molecule is O=C(/C=C/c1ccc2c(c1)OCO2)NCCc1ccccc1. The molecule has 4 nitrogen and oxygen atoms in total. The number of benzene rings is 2. The van der Waals surface area contributed by atoms with E-state index in [2.05, 4.69) is 17.4 Å². The summed E-state index contributed by atoms with van der Waals surface area (Å²) in [6.45, 7) is 0.872. The minimum Gasteiger partial charge on any atom is -0.454 e. The van der Waals surface area contributed by atoms with E-state index in [4.69, 9.17) is 9.47 Å². The van der Waals surface area contributed by atoms with E-state index in [1.54, 1.807) is 6.08 Å². The molecule has 0 spiro atoms. The molecular formula is C18H17NO3. The number of carbonyl (C=O) groups excluding carboxylic acids is 1. The molecule has 1 N–H and O–H groups in total. The summed E-state index contributed by atoms with van der Waals surface area (Å²) in [5.74, 6) is 1.35. The summed E-state index contributed by atoms with van der Waals surface area (Å²) in [5.41, 5.74) is 2.12. The van der Waals surface area contributed by atoms with Crippen molar-refractivity contribution in [1.82, 2.24) is 5.32 Å². The van der Waals surface area contributed by atoms with Crippen LogP contribution in [0.1, 0.15) is 11.1 Å². The van der Waals surface area contributed by atoms with Gasteiger partial charge in [-0.1, -0.05) is 36.4 Å². The van der Waals surface area contributed by atoms with E-state index in [1.165, 1.54) is 11.6 Å². The van der Waals surface area contributed by atoms with Gasteiger partial charge in [0.25, 0.3) is 0 Å². The molecule has 4 heteroatoms. The molecule has 0 aliphatic carbocycles. The lowest BCUT2D eigenvalue weighted by molar-refractivity contribution is -0.116. The predicted molar refractivity (Wildman–Crippen MR) is 84.8 cm³/mol. The molecule has 22 heavy (non-hydrogen) atoms. The second-order valence-corrected chi connectivity index (χ2v) is 4.97. The molecule has 2 aromatic rings. The first-order valence-electron chi connectivity index (χ1n) is 7.21. The molecule has 0 unspecified atom stereocenters. The zero-order valence-corrected chi connectivity index (χ0v) is 12.1. The van der Waals surface area contributed by atoms with Crippen molar-refractivity contribution < 1.29 is 14.3 Å². The summed E-state index contributed by atoms with van der Waals surface area (Å²) in [5, 5.41) is 2.87. The van der Waals surface area contributed by atoms with Crippen LogP contribution in [0.15, 0.2) is 54.6 Å². The van der Waals surface area contributed by atoms with Crippen molar-refractivity contribution in [2.45, 2.75) is 6.42 Å². The summed E-state index contributed by atoms with van der Waals surface area (Å²) >= 11 is 0. The number of hydrogen-bond donors (Lipinski definition) is 1. The number of ether oxygens (including phenoxy) is 2. The first-order valence-corrected chi connectivity index (χ1v) is 7.21. The van der Waals surface area contributed by atoms with Crippen molar-refractivity contribution >= 4 is 12.0 Å². The maximum absolute atomic E-state index is 11.8.